The Morgan fingerprint density at radius 2 is 1.93 bits per heavy atom. The van der Waals surface area contributed by atoms with Crippen LogP contribution >= 0.6 is 0 Å². The second-order valence-corrected chi connectivity index (χ2v) is 5.37. The van der Waals surface area contributed by atoms with E-state index in [-0.39, 0.29) is 11.8 Å². The van der Waals surface area contributed by atoms with Crippen LogP contribution in [0, 0.1) is 10.8 Å². The predicted octanol–water partition coefficient (Wildman–Crippen LogP) is 2.76. The average molecular weight is 203 g/mol. The van der Waals surface area contributed by atoms with Crippen LogP contribution < -0.4 is 0 Å². The molecule has 1 aliphatic heterocycles. The third-order valence-electron chi connectivity index (χ3n) is 4.57. The highest BCUT2D eigenvalue weighted by atomic mass is 19.3. The van der Waals surface area contributed by atoms with Crippen molar-refractivity contribution in [2.45, 2.75) is 39.0 Å². The topological polar surface area (TPSA) is 3.24 Å². The van der Waals surface area contributed by atoms with Gasteiger partial charge in [0.15, 0.2) is 0 Å². The molecule has 0 aromatic rings. The zero-order valence-corrected chi connectivity index (χ0v) is 9.24. The first-order valence-electron chi connectivity index (χ1n) is 5.43. The standard InChI is InChI=1S/C11H19F2N/c1-4-9(2)8-14(3)6-5-10(9)7-11(10,12)13/h4-8H2,1-3H3/t9-,10?/m1/s1. The summed E-state index contributed by atoms with van der Waals surface area (Å²) in [5, 5.41) is 0. The Hall–Kier alpha value is -0.180. The van der Waals surface area contributed by atoms with Crippen LogP contribution in [0.25, 0.3) is 0 Å². The lowest BCUT2D eigenvalue weighted by molar-refractivity contribution is -0.0495. The highest BCUT2D eigenvalue weighted by Gasteiger charge is 2.77. The first-order chi connectivity index (χ1) is 6.37. The normalized spacial score (nSPS) is 46.9. The highest BCUT2D eigenvalue weighted by molar-refractivity contribution is 5.19. The van der Waals surface area contributed by atoms with E-state index in [1.54, 1.807) is 0 Å². The summed E-state index contributed by atoms with van der Waals surface area (Å²) in [5.74, 6) is -2.39. The molecule has 1 aliphatic carbocycles. The van der Waals surface area contributed by atoms with Gasteiger partial charge in [-0.15, -0.1) is 0 Å². The van der Waals surface area contributed by atoms with Gasteiger partial charge in [0.25, 0.3) is 5.92 Å². The van der Waals surface area contributed by atoms with Crippen LogP contribution in [-0.4, -0.2) is 31.0 Å². The number of alkyl halides is 2. The number of likely N-dealkylation sites (tertiary alicyclic amines) is 1. The molecule has 1 spiro atoms. The maximum absolute atomic E-state index is 13.5. The van der Waals surface area contributed by atoms with E-state index >= 15 is 0 Å². The van der Waals surface area contributed by atoms with Gasteiger partial charge in [0, 0.05) is 18.4 Å². The van der Waals surface area contributed by atoms with Crippen LogP contribution in [0.5, 0.6) is 0 Å². The summed E-state index contributed by atoms with van der Waals surface area (Å²) in [7, 11) is 2.03. The molecule has 0 amide bonds. The minimum atomic E-state index is -2.39. The van der Waals surface area contributed by atoms with Crippen LogP contribution in [0.3, 0.4) is 0 Å². The third kappa shape index (κ3) is 1.08. The zero-order chi connectivity index (χ0) is 10.6. The van der Waals surface area contributed by atoms with E-state index in [0.29, 0.717) is 6.42 Å². The molecule has 1 unspecified atom stereocenters. The molecule has 14 heavy (non-hydrogen) atoms. The zero-order valence-electron chi connectivity index (χ0n) is 9.24. The van der Waals surface area contributed by atoms with Gasteiger partial charge in [0.1, 0.15) is 0 Å². The summed E-state index contributed by atoms with van der Waals surface area (Å²) >= 11 is 0. The lowest BCUT2D eigenvalue weighted by Crippen LogP contribution is -2.48. The van der Waals surface area contributed by atoms with Crippen molar-refractivity contribution in [3.05, 3.63) is 0 Å². The molecule has 0 aromatic carbocycles. The minimum Gasteiger partial charge on any atom is -0.306 e. The maximum atomic E-state index is 13.5. The van der Waals surface area contributed by atoms with E-state index in [9.17, 15) is 8.78 Å². The minimum absolute atomic E-state index is 0.123. The number of nitrogens with zero attached hydrogens (tertiary/aromatic N) is 1. The van der Waals surface area contributed by atoms with Gasteiger partial charge in [-0.2, -0.15) is 0 Å². The summed E-state index contributed by atoms with van der Waals surface area (Å²) < 4.78 is 26.9. The van der Waals surface area contributed by atoms with E-state index in [1.807, 2.05) is 20.9 Å². The molecular weight excluding hydrogens is 184 g/mol. The summed E-state index contributed by atoms with van der Waals surface area (Å²) in [6.45, 7) is 5.71. The van der Waals surface area contributed by atoms with E-state index in [1.165, 1.54) is 0 Å². The van der Waals surface area contributed by atoms with Crippen molar-refractivity contribution in [2.75, 3.05) is 20.1 Å². The van der Waals surface area contributed by atoms with Crippen LogP contribution in [-0.2, 0) is 0 Å². The van der Waals surface area contributed by atoms with Crippen molar-refractivity contribution in [1.82, 2.24) is 4.90 Å². The third-order valence-corrected chi connectivity index (χ3v) is 4.57. The van der Waals surface area contributed by atoms with Gasteiger partial charge in [-0.1, -0.05) is 13.8 Å². The van der Waals surface area contributed by atoms with Crippen LogP contribution in [0.1, 0.15) is 33.1 Å². The van der Waals surface area contributed by atoms with Crippen molar-refractivity contribution in [3.63, 3.8) is 0 Å². The fraction of sp³-hybridized carbons (Fsp3) is 1.00. The fourth-order valence-electron chi connectivity index (χ4n) is 3.22. The van der Waals surface area contributed by atoms with Gasteiger partial charge in [0.2, 0.25) is 0 Å². The monoisotopic (exact) mass is 203 g/mol. The molecule has 82 valence electrons. The van der Waals surface area contributed by atoms with Gasteiger partial charge in [-0.25, -0.2) is 8.78 Å². The highest BCUT2D eigenvalue weighted by Crippen LogP contribution is 2.73. The Bertz CT molecular complexity index is 254. The van der Waals surface area contributed by atoms with Gasteiger partial charge in [-0.3, -0.25) is 0 Å². The summed E-state index contributed by atoms with van der Waals surface area (Å²) in [6.07, 6.45) is 1.64. The molecule has 1 heterocycles. The summed E-state index contributed by atoms with van der Waals surface area (Å²) in [5.41, 5.74) is -0.856. The second kappa shape index (κ2) is 2.69. The van der Waals surface area contributed by atoms with Crippen LogP contribution in [0.15, 0.2) is 0 Å². The van der Waals surface area contributed by atoms with Crippen molar-refractivity contribution in [1.29, 1.82) is 0 Å². The Morgan fingerprint density at radius 3 is 2.36 bits per heavy atom. The van der Waals surface area contributed by atoms with Crippen LogP contribution in [0.4, 0.5) is 8.78 Å². The van der Waals surface area contributed by atoms with Crippen molar-refractivity contribution in [2.24, 2.45) is 10.8 Å². The molecule has 3 heteroatoms. The number of hydrogen-bond donors (Lipinski definition) is 0. The molecule has 0 aromatic heterocycles. The number of halogens is 2. The first kappa shape index (κ1) is 10.3. The molecule has 0 N–H and O–H groups in total. The number of rotatable bonds is 1. The van der Waals surface area contributed by atoms with Crippen molar-refractivity contribution >= 4 is 0 Å². The molecule has 2 aliphatic rings. The molecule has 2 atom stereocenters. The van der Waals surface area contributed by atoms with Crippen molar-refractivity contribution in [3.8, 4) is 0 Å². The van der Waals surface area contributed by atoms with Crippen molar-refractivity contribution < 1.29 is 8.78 Å². The molecule has 1 saturated heterocycles. The Morgan fingerprint density at radius 1 is 1.36 bits per heavy atom. The lowest BCUT2D eigenvalue weighted by Gasteiger charge is -2.45. The quantitative estimate of drug-likeness (QED) is 0.633. The molecule has 1 saturated carbocycles. The number of hydrogen-bond acceptors (Lipinski definition) is 1. The fourth-order valence-corrected chi connectivity index (χ4v) is 3.22. The molecule has 0 bridgehead atoms. The molecule has 2 fully saturated rings. The second-order valence-electron chi connectivity index (χ2n) is 5.37. The Kier molecular flexibility index (Phi) is 1.98. The average Bonchev–Trinajstić information content (AvgIpc) is 2.65. The van der Waals surface area contributed by atoms with E-state index in [4.69, 9.17) is 0 Å². The molecule has 1 nitrogen and oxygen atoms in total. The Balaban J connectivity index is 2.26. The largest absolute Gasteiger partial charge is 0.306 e. The van der Waals surface area contributed by atoms with Gasteiger partial charge >= 0.3 is 0 Å². The lowest BCUT2D eigenvalue weighted by atomic mass is 9.67. The first-order valence-corrected chi connectivity index (χ1v) is 5.43. The maximum Gasteiger partial charge on any atom is 0.255 e. The molecule has 2 rings (SSSR count). The van der Waals surface area contributed by atoms with Gasteiger partial charge in [-0.05, 0) is 31.8 Å². The van der Waals surface area contributed by atoms with E-state index in [2.05, 4.69) is 4.90 Å². The molecule has 0 radical (unpaired) electrons. The predicted molar refractivity (Wildman–Crippen MR) is 52.5 cm³/mol. The van der Waals surface area contributed by atoms with Gasteiger partial charge < -0.3 is 4.90 Å². The number of piperidine rings is 1. The van der Waals surface area contributed by atoms with Crippen LogP contribution in [0.2, 0.25) is 0 Å². The Labute approximate surface area is 84.5 Å². The summed E-state index contributed by atoms with van der Waals surface area (Å²) in [6, 6.07) is 0. The SMILES string of the molecule is CC[C@]1(C)CN(C)CCC12CC2(F)F. The van der Waals surface area contributed by atoms with E-state index < -0.39 is 11.3 Å². The summed E-state index contributed by atoms with van der Waals surface area (Å²) in [4.78, 5) is 2.18. The molecular formula is C11H19F2N. The van der Waals surface area contributed by atoms with E-state index in [0.717, 1.165) is 19.5 Å². The smallest absolute Gasteiger partial charge is 0.255 e. The van der Waals surface area contributed by atoms with Gasteiger partial charge in [0.05, 0.1) is 0 Å².